The van der Waals surface area contributed by atoms with Crippen LogP contribution in [0.25, 0.3) is 0 Å². The molecule has 7 nitrogen and oxygen atoms in total. The van der Waals surface area contributed by atoms with Crippen molar-refractivity contribution in [3.8, 4) is 11.5 Å². The van der Waals surface area contributed by atoms with Crippen molar-refractivity contribution in [3.63, 3.8) is 0 Å². The fourth-order valence-electron chi connectivity index (χ4n) is 2.77. The molecular weight excluding hydrogens is 402 g/mol. The zero-order chi connectivity index (χ0) is 21.3. The predicted octanol–water partition coefficient (Wildman–Crippen LogP) is 2.94. The third-order valence-electron chi connectivity index (χ3n) is 4.23. The minimum atomic E-state index is -0.290. The summed E-state index contributed by atoms with van der Waals surface area (Å²) in [6, 6.07) is 16.6. The van der Waals surface area contributed by atoms with Crippen LogP contribution in [0.1, 0.15) is 16.8 Å². The van der Waals surface area contributed by atoms with Gasteiger partial charge < -0.3 is 19.8 Å². The Morgan fingerprint density at radius 1 is 1.03 bits per heavy atom. The van der Waals surface area contributed by atoms with Crippen molar-refractivity contribution < 1.29 is 14.3 Å². The molecule has 2 aromatic carbocycles. The number of aromatic nitrogens is 2. The van der Waals surface area contributed by atoms with E-state index in [1.807, 2.05) is 42.5 Å². The lowest BCUT2D eigenvalue weighted by Gasteiger charge is -2.09. The topological polar surface area (TPSA) is 93.3 Å². The third kappa shape index (κ3) is 6.38. The second-order valence-electron chi connectivity index (χ2n) is 6.49. The smallest absolute Gasteiger partial charge is 0.251 e. The first kappa shape index (κ1) is 21.4. The molecule has 0 saturated heterocycles. The molecule has 1 aromatic heterocycles. The normalized spacial score (nSPS) is 10.5. The Hall–Kier alpha value is -3.26. The van der Waals surface area contributed by atoms with Crippen LogP contribution in [0.15, 0.2) is 64.5 Å². The molecule has 1 heterocycles. The van der Waals surface area contributed by atoms with Crippen LogP contribution < -0.4 is 20.3 Å². The van der Waals surface area contributed by atoms with E-state index in [9.17, 15) is 9.59 Å². The quantitative estimate of drug-likeness (QED) is 0.404. The number of hydrogen-bond acceptors (Lipinski definition) is 6. The lowest BCUT2D eigenvalue weighted by atomic mass is 10.2. The lowest BCUT2D eigenvalue weighted by Crippen LogP contribution is -2.25. The molecule has 0 unspecified atom stereocenters. The maximum Gasteiger partial charge on any atom is 0.251 e. The van der Waals surface area contributed by atoms with E-state index < -0.39 is 0 Å². The van der Waals surface area contributed by atoms with E-state index in [2.05, 4.69) is 15.3 Å². The van der Waals surface area contributed by atoms with Gasteiger partial charge in [0.05, 0.1) is 26.3 Å². The summed E-state index contributed by atoms with van der Waals surface area (Å²) in [5.41, 5.74) is 2.11. The van der Waals surface area contributed by atoms with Crippen molar-refractivity contribution in [2.45, 2.75) is 23.9 Å². The highest BCUT2D eigenvalue weighted by Crippen LogP contribution is 2.26. The highest BCUT2D eigenvalue weighted by Gasteiger charge is 2.09. The predicted molar refractivity (Wildman–Crippen MR) is 116 cm³/mol. The molecule has 8 heteroatoms. The fraction of sp³-hybridized carbons (Fsp3) is 0.227. The van der Waals surface area contributed by atoms with E-state index >= 15 is 0 Å². The number of ether oxygens (including phenoxy) is 2. The number of carbonyl (C=O) groups excluding carboxylic acids is 1. The molecule has 30 heavy (non-hydrogen) atoms. The molecule has 0 spiro atoms. The van der Waals surface area contributed by atoms with Crippen LogP contribution in [0.5, 0.6) is 11.5 Å². The highest BCUT2D eigenvalue weighted by molar-refractivity contribution is 7.98. The van der Waals surface area contributed by atoms with Crippen LogP contribution in [0.3, 0.4) is 0 Å². The van der Waals surface area contributed by atoms with E-state index in [0.29, 0.717) is 34.6 Å². The minimum Gasteiger partial charge on any atom is -0.497 e. The average molecular weight is 426 g/mol. The standard InChI is InChI=1S/C22H23N3O4S/c1-28-18-8-16(9-19(12-18)29-2)14-30-22-24-17(11-21(27)25-22)10-20(26)23-13-15-6-4-3-5-7-15/h3-9,11-12H,10,13-14H2,1-2H3,(H,23,26)(H,24,25,27). The Bertz CT molecular complexity index is 1030. The van der Waals surface area contributed by atoms with E-state index in [1.165, 1.54) is 17.8 Å². The molecule has 0 aliphatic carbocycles. The number of benzene rings is 2. The number of rotatable bonds is 9. The molecular formula is C22H23N3O4S. The molecule has 0 fully saturated rings. The molecule has 0 bridgehead atoms. The number of hydrogen-bond donors (Lipinski definition) is 2. The summed E-state index contributed by atoms with van der Waals surface area (Å²) >= 11 is 1.37. The summed E-state index contributed by atoms with van der Waals surface area (Å²) in [5, 5.41) is 3.30. The van der Waals surface area contributed by atoms with Gasteiger partial charge in [-0.25, -0.2) is 4.98 Å². The van der Waals surface area contributed by atoms with Gasteiger partial charge in [0.2, 0.25) is 5.91 Å². The second kappa shape index (κ2) is 10.5. The van der Waals surface area contributed by atoms with Crippen molar-refractivity contribution >= 4 is 17.7 Å². The second-order valence-corrected chi connectivity index (χ2v) is 7.45. The molecule has 0 radical (unpaired) electrons. The lowest BCUT2D eigenvalue weighted by molar-refractivity contribution is -0.120. The first-order valence-corrected chi connectivity index (χ1v) is 10.3. The van der Waals surface area contributed by atoms with Gasteiger partial charge in [-0.15, -0.1) is 0 Å². The maximum atomic E-state index is 12.2. The van der Waals surface area contributed by atoms with E-state index in [4.69, 9.17) is 9.47 Å². The summed E-state index contributed by atoms with van der Waals surface area (Å²) in [6.45, 7) is 0.433. The van der Waals surface area contributed by atoms with Crippen LogP contribution in [0.2, 0.25) is 0 Å². The number of aromatic amines is 1. The van der Waals surface area contributed by atoms with Crippen LogP contribution in [0, 0.1) is 0 Å². The average Bonchev–Trinajstić information content (AvgIpc) is 2.76. The summed E-state index contributed by atoms with van der Waals surface area (Å²) in [7, 11) is 3.19. The largest absolute Gasteiger partial charge is 0.497 e. The van der Waals surface area contributed by atoms with Gasteiger partial charge in [0.15, 0.2) is 5.16 Å². The Morgan fingerprint density at radius 3 is 2.40 bits per heavy atom. The summed E-state index contributed by atoms with van der Waals surface area (Å²) < 4.78 is 10.6. The van der Waals surface area contributed by atoms with Crippen molar-refractivity contribution in [3.05, 3.63) is 81.8 Å². The Balaban J connectivity index is 1.62. The monoisotopic (exact) mass is 425 g/mol. The van der Waals surface area contributed by atoms with Crippen LogP contribution in [-0.4, -0.2) is 30.1 Å². The maximum absolute atomic E-state index is 12.2. The molecule has 0 atom stereocenters. The van der Waals surface area contributed by atoms with Gasteiger partial charge in [-0.1, -0.05) is 42.1 Å². The Labute approximate surface area is 178 Å². The number of amides is 1. The molecule has 156 valence electrons. The fourth-order valence-corrected chi connectivity index (χ4v) is 3.59. The SMILES string of the molecule is COc1cc(CSc2nc(CC(=O)NCc3ccccc3)cc(=O)[nH]2)cc(OC)c1. The van der Waals surface area contributed by atoms with Crippen LogP contribution >= 0.6 is 11.8 Å². The first-order valence-electron chi connectivity index (χ1n) is 9.31. The molecule has 0 aliphatic heterocycles. The highest BCUT2D eigenvalue weighted by atomic mass is 32.2. The number of nitrogens with zero attached hydrogens (tertiary/aromatic N) is 1. The van der Waals surface area contributed by atoms with Gasteiger partial charge in [-0.2, -0.15) is 0 Å². The van der Waals surface area contributed by atoms with Crippen LogP contribution in [-0.2, 0) is 23.5 Å². The van der Waals surface area contributed by atoms with Gasteiger partial charge in [-0.05, 0) is 23.3 Å². The Kier molecular flexibility index (Phi) is 7.51. The Morgan fingerprint density at radius 2 is 1.73 bits per heavy atom. The van der Waals surface area contributed by atoms with Gasteiger partial charge in [0.1, 0.15) is 11.5 Å². The number of methoxy groups -OCH3 is 2. The number of nitrogens with one attached hydrogen (secondary N) is 2. The van der Waals surface area contributed by atoms with Crippen molar-refractivity contribution in [2.24, 2.45) is 0 Å². The van der Waals surface area contributed by atoms with E-state index in [0.717, 1.165) is 11.1 Å². The molecule has 3 aromatic rings. The van der Waals surface area contributed by atoms with Gasteiger partial charge in [0.25, 0.3) is 5.56 Å². The minimum absolute atomic E-state index is 0.0390. The number of thioether (sulfide) groups is 1. The van der Waals surface area contributed by atoms with Crippen LogP contribution in [0.4, 0.5) is 0 Å². The summed E-state index contributed by atoms with van der Waals surface area (Å²) in [4.78, 5) is 31.4. The number of carbonyl (C=O) groups is 1. The number of H-pyrrole nitrogens is 1. The van der Waals surface area contributed by atoms with Crippen molar-refractivity contribution in [2.75, 3.05) is 14.2 Å². The van der Waals surface area contributed by atoms with Crippen molar-refractivity contribution in [1.29, 1.82) is 0 Å². The zero-order valence-corrected chi connectivity index (χ0v) is 17.6. The van der Waals surface area contributed by atoms with E-state index in [-0.39, 0.29) is 17.9 Å². The van der Waals surface area contributed by atoms with Gasteiger partial charge in [-0.3, -0.25) is 9.59 Å². The third-order valence-corrected chi connectivity index (χ3v) is 5.18. The zero-order valence-electron chi connectivity index (χ0n) is 16.8. The summed E-state index contributed by atoms with van der Waals surface area (Å²) in [5.74, 6) is 1.75. The van der Waals surface area contributed by atoms with Crippen molar-refractivity contribution in [1.82, 2.24) is 15.3 Å². The summed E-state index contributed by atoms with van der Waals surface area (Å²) in [6.07, 6.45) is 0.0390. The molecule has 3 rings (SSSR count). The molecule has 0 saturated carbocycles. The molecule has 0 aliphatic rings. The molecule has 2 N–H and O–H groups in total. The molecule has 1 amide bonds. The first-order chi connectivity index (χ1) is 14.6. The van der Waals surface area contributed by atoms with E-state index in [1.54, 1.807) is 20.3 Å². The van der Waals surface area contributed by atoms with Gasteiger partial charge in [0, 0.05) is 24.4 Å². The van der Waals surface area contributed by atoms with Gasteiger partial charge >= 0.3 is 0 Å².